The molecule has 152 valence electrons. The lowest BCUT2D eigenvalue weighted by Gasteiger charge is -2.34. The minimum atomic E-state index is 0.153. The highest BCUT2D eigenvalue weighted by molar-refractivity contribution is 5.76. The van der Waals surface area contributed by atoms with Gasteiger partial charge in [-0.05, 0) is 71.0 Å². The van der Waals surface area contributed by atoms with E-state index in [2.05, 4.69) is 37.1 Å². The van der Waals surface area contributed by atoms with Gasteiger partial charge in [-0.1, -0.05) is 13.3 Å². The van der Waals surface area contributed by atoms with E-state index in [1.165, 1.54) is 32.2 Å². The molecule has 1 aliphatic carbocycles. The molecule has 3 heterocycles. The summed E-state index contributed by atoms with van der Waals surface area (Å²) in [6.07, 6.45) is 8.40. The molecular weight excluding hydrogens is 350 g/mol. The molecule has 4 rings (SSSR count). The van der Waals surface area contributed by atoms with Gasteiger partial charge in [0.05, 0.1) is 11.7 Å². The van der Waals surface area contributed by atoms with Crippen LogP contribution in [0.4, 0.5) is 0 Å². The number of hydrogen-bond donors (Lipinski definition) is 1. The van der Waals surface area contributed by atoms with E-state index >= 15 is 0 Å². The molecule has 0 unspecified atom stereocenters. The lowest BCUT2D eigenvalue weighted by molar-refractivity contribution is -0.121. The first-order valence-electron chi connectivity index (χ1n) is 11.0. The highest BCUT2D eigenvalue weighted by Gasteiger charge is 2.27. The maximum absolute atomic E-state index is 12.1. The van der Waals surface area contributed by atoms with Gasteiger partial charge < -0.3 is 5.32 Å². The van der Waals surface area contributed by atoms with Crippen molar-refractivity contribution in [3.05, 3.63) is 28.7 Å². The van der Waals surface area contributed by atoms with Gasteiger partial charge in [-0.15, -0.1) is 0 Å². The third-order valence-corrected chi connectivity index (χ3v) is 6.19. The number of amides is 1. The smallest absolute Gasteiger partial charge is 0.220 e. The van der Waals surface area contributed by atoms with Gasteiger partial charge in [-0.3, -0.25) is 9.69 Å². The second kappa shape index (κ2) is 8.19. The predicted octanol–water partition coefficient (Wildman–Crippen LogP) is 3.49. The van der Waals surface area contributed by atoms with Gasteiger partial charge in [-0.25, -0.2) is 9.50 Å². The molecule has 0 spiro atoms. The minimum Gasteiger partial charge on any atom is -0.353 e. The Morgan fingerprint density at radius 2 is 2.07 bits per heavy atom. The van der Waals surface area contributed by atoms with Crippen LogP contribution in [0.2, 0.25) is 0 Å². The van der Waals surface area contributed by atoms with Crippen molar-refractivity contribution in [2.45, 2.75) is 84.2 Å². The van der Waals surface area contributed by atoms with Crippen molar-refractivity contribution in [3.63, 3.8) is 0 Å². The molecule has 1 N–H and O–H groups in total. The first-order valence-corrected chi connectivity index (χ1v) is 11.0. The molecule has 2 aromatic heterocycles. The molecule has 1 atom stereocenters. The van der Waals surface area contributed by atoms with Crippen molar-refractivity contribution < 1.29 is 4.79 Å². The van der Waals surface area contributed by atoms with Crippen LogP contribution in [0.25, 0.3) is 5.65 Å². The maximum atomic E-state index is 12.1. The van der Waals surface area contributed by atoms with E-state index in [-0.39, 0.29) is 5.91 Å². The van der Waals surface area contributed by atoms with Crippen LogP contribution in [0, 0.1) is 13.8 Å². The largest absolute Gasteiger partial charge is 0.353 e. The zero-order chi connectivity index (χ0) is 19.7. The summed E-state index contributed by atoms with van der Waals surface area (Å²) in [4.78, 5) is 19.5. The number of aromatic nitrogens is 3. The zero-order valence-electron chi connectivity index (χ0n) is 17.5. The standard InChI is InChI=1S/C22H33N5O/c1-4-12-26-13-6-5-7-20(26)19-14-21-23-15(2)18(16(3)27(21)25-19)10-11-22(28)24-17-8-9-17/h14,17,20H,4-13H2,1-3H3,(H,24,28)/t20-/m1/s1. The first kappa shape index (κ1) is 19.4. The zero-order valence-corrected chi connectivity index (χ0v) is 17.5. The summed E-state index contributed by atoms with van der Waals surface area (Å²) in [6.45, 7) is 8.70. The fourth-order valence-electron chi connectivity index (χ4n) is 4.52. The summed E-state index contributed by atoms with van der Waals surface area (Å²) in [7, 11) is 0. The van der Waals surface area contributed by atoms with Crippen molar-refractivity contribution in [3.8, 4) is 0 Å². The Morgan fingerprint density at radius 1 is 1.25 bits per heavy atom. The molecule has 6 nitrogen and oxygen atoms in total. The lowest BCUT2D eigenvalue weighted by Crippen LogP contribution is -2.34. The van der Waals surface area contributed by atoms with Gasteiger partial charge in [0.1, 0.15) is 0 Å². The molecule has 1 saturated heterocycles. The molecule has 2 fully saturated rings. The number of carbonyl (C=O) groups excluding carboxylic acids is 1. The molecule has 2 aromatic rings. The number of piperidine rings is 1. The van der Waals surface area contributed by atoms with Crippen molar-refractivity contribution in [2.75, 3.05) is 13.1 Å². The maximum Gasteiger partial charge on any atom is 0.220 e. The Balaban J connectivity index is 1.56. The first-order chi connectivity index (χ1) is 13.6. The molecule has 0 aromatic carbocycles. The molecule has 0 radical (unpaired) electrons. The molecule has 2 aliphatic rings. The average molecular weight is 384 g/mol. The SMILES string of the molecule is CCCN1CCCC[C@@H]1c1cc2nc(C)c(CCC(=O)NC3CC3)c(C)n2n1. The van der Waals surface area contributed by atoms with Crippen LogP contribution in [0.5, 0.6) is 0 Å². The summed E-state index contributed by atoms with van der Waals surface area (Å²) in [5.74, 6) is 0.153. The van der Waals surface area contributed by atoms with Crippen LogP contribution < -0.4 is 5.32 Å². The molecule has 28 heavy (non-hydrogen) atoms. The second-order valence-corrected chi connectivity index (χ2v) is 8.49. The fourth-order valence-corrected chi connectivity index (χ4v) is 4.52. The molecule has 0 bridgehead atoms. The van der Waals surface area contributed by atoms with Crippen LogP contribution >= 0.6 is 0 Å². The normalized spacial score (nSPS) is 20.6. The molecular formula is C22H33N5O. The quantitative estimate of drug-likeness (QED) is 0.795. The number of rotatable bonds is 7. The number of fused-ring (bicyclic) bond motifs is 1. The second-order valence-electron chi connectivity index (χ2n) is 8.49. The molecule has 1 amide bonds. The summed E-state index contributed by atoms with van der Waals surface area (Å²) in [6, 6.07) is 3.00. The Kier molecular flexibility index (Phi) is 5.67. The van der Waals surface area contributed by atoms with Crippen molar-refractivity contribution in [1.29, 1.82) is 0 Å². The minimum absolute atomic E-state index is 0.153. The van der Waals surface area contributed by atoms with E-state index in [9.17, 15) is 4.79 Å². The highest BCUT2D eigenvalue weighted by atomic mass is 16.1. The number of carbonyl (C=O) groups is 1. The summed E-state index contributed by atoms with van der Waals surface area (Å²) in [5, 5.41) is 8.04. The summed E-state index contributed by atoms with van der Waals surface area (Å²) in [5.41, 5.74) is 5.36. The number of aryl methyl sites for hydroxylation is 2. The van der Waals surface area contributed by atoms with E-state index in [1.54, 1.807) is 0 Å². The fraction of sp³-hybridized carbons (Fsp3) is 0.682. The number of likely N-dealkylation sites (tertiary alicyclic amines) is 1. The van der Waals surface area contributed by atoms with Gasteiger partial charge in [0.15, 0.2) is 5.65 Å². The van der Waals surface area contributed by atoms with Crippen LogP contribution in [-0.2, 0) is 11.2 Å². The van der Waals surface area contributed by atoms with E-state index in [4.69, 9.17) is 10.1 Å². The number of hydrogen-bond acceptors (Lipinski definition) is 4. The lowest BCUT2D eigenvalue weighted by atomic mass is 9.99. The van der Waals surface area contributed by atoms with Crippen LogP contribution in [0.1, 0.15) is 80.6 Å². The summed E-state index contributed by atoms with van der Waals surface area (Å²) < 4.78 is 2.00. The van der Waals surface area contributed by atoms with Crippen LogP contribution in [0.15, 0.2) is 6.07 Å². The molecule has 1 saturated carbocycles. The molecule has 1 aliphatic heterocycles. The Bertz CT molecular complexity index is 852. The van der Waals surface area contributed by atoms with Gasteiger partial charge in [0.25, 0.3) is 0 Å². The van der Waals surface area contributed by atoms with Gasteiger partial charge in [0, 0.05) is 29.9 Å². The van der Waals surface area contributed by atoms with E-state index in [0.29, 0.717) is 18.5 Å². The van der Waals surface area contributed by atoms with Crippen molar-refractivity contribution in [1.82, 2.24) is 24.8 Å². The van der Waals surface area contributed by atoms with E-state index in [0.717, 1.165) is 54.1 Å². The highest BCUT2D eigenvalue weighted by Crippen LogP contribution is 2.31. The van der Waals surface area contributed by atoms with Crippen molar-refractivity contribution >= 4 is 11.6 Å². The van der Waals surface area contributed by atoms with Gasteiger partial charge in [-0.2, -0.15) is 5.10 Å². The average Bonchev–Trinajstić information content (AvgIpc) is 3.38. The van der Waals surface area contributed by atoms with Crippen LogP contribution in [0.3, 0.4) is 0 Å². The monoisotopic (exact) mass is 383 g/mol. The Hall–Kier alpha value is -1.95. The van der Waals surface area contributed by atoms with Gasteiger partial charge >= 0.3 is 0 Å². The van der Waals surface area contributed by atoms with Crippen LogP contribution in [-0.4, -0.2) is 44.5 Å². The third-order valence-electron chi connectivity index (χ3n) is 6.19. The Morgan fingerprint density at radius 3 is 2.82 bits per heavy atom. The number of nitrogens with one attached hydrogen (secondary N) is 1. The van der Waals surface area contributed by atoms with E-state index < -0.39 is 0 Å². The van der Waals surface area contributed by atoms with Crippen molar-refractivity contribution in [2.24, 2.45) is 0 Å². The topological polar surface area (TPSA) is 62.5 Å². The Labute approximate surface area is 167 Å². The van der Waals surface area contributed by atoms with E-state index in [1.807, 2.05) is 4.52 Å². The summed E-state index contributed by atoms with van der Waals surface area (Å²) >= 11 is 0. The number of nitrogens with zero attached hydrogens (tertiary/aromatic N) is 4. The van der Waals surface area contributed by atoms with Gasteiger partial charge in [0.2, 0.25) is 5.91 Å². The predicted molar refractivity (Wildman–Crippen MR) is 110 cm³/mol. The third kappa shape index (κ3) is 4.07. The molecule has 6 heteroatoms.